The van der Waals surface area contributed by atoms with Crippen molar-refractivity contribution in [2.45, 2.75) is 102 Å². The minimum Gasteiger partial charge on any atom is -0.496 e. The van der Waals surface area contributed by atoms with Crippen LogP contribution in [-0.4, -0.2) is 101 Å². The highest BCUT2D eigenvalue weighted by molar-refractivity contribution is 5.98. The van der Waals surface area contributed by atoms with E-state index in [0.717, 1.165) is 60.8 Å². The van der Waals surface area contributed by atoms with Crippen LogP contribution in [0.5, 0.6) is 5.75 Å². The van der Waals surface area contributed by atoms with Crippen LogP contribution in [0.1, 0.15) is 88.1 Å². The summed E-state index contributed by atoms with van der Waals surface area (Å²) in [6, 6.07) is 20.2. The van der Waals surface area contributed by atoms with Gasteiger partial charge in [-0.3, -0.25) is 14.4 Å². The van der Waals surface area contributed by atoms with E-state index < -0.39 is 17.7 Å². The van der Waals surface area contributed by atoms with E-state index in [9.17, 15) is 19.2 Å². The Kier molecular flexibility index (Phi) is 14.5. The number of methoxy groups -OCH3 is 1. The van der Waals surface area contributed by atoms with Gasteiger partial charge in [0.1, 0.15) is 17.4 Å². The quantitative estimate of drug-likeness (QED) is 0.0987. The predicted molar refractivity (Wildman–Crippen MR) is 229 cm³/mol. The lowest BCUT2D eigenvalue weighted by Gasteiger charge is -2.33. The van der Waals surface area contributed by atoms with E-state index in [-0.39, 0.29) is 42.0 Å². The van der Waals surface area contributed by atoms with Crippen LogP contribution >= 0.6 is 0 Å². The number of tetrazole rings is 1. The maximum Gasteiger partial charge on any atom is 0.407 e. The molecule has 0 saturated heterocycles. The molecule has 60 heavy (non-hydrogen) atoms. The van der Waals surface area contributed by atoms with Gasteiger partial charge in [0.05, 0.1) is 7.11 Å². The van der Waals surface area contributed by atoms with Gasteiger partial charge in [-0.1, -0.05) is 24.3 Å². The highest BCUT2D eigenvalue weighted by Gasteiger charge is 2.31. The van der Waals surface area contributed by atoms with E-state index >= 15 is 0 Å². The molecule has 3 aromatic carbocycles. The molecule has 2 aliphatic rings. The number of anilines is 1. The Hall–Kier alpha value is -5.83. The minimum atomic E-state index is -0.864. The molecule has 320 valence electrons. The molecular weight excluding hydrogens is 763 g/mol. The molecule has 5 N–H and O–H groups in total. The van der Waals surface area contributed by atoms with Crippen LogP contribution in [0.3, 0.4) is 0 Å². The van der Waals surface area contributed by atoms with Gasteiger partial charge < -0.3 is 35.6 Å². The van der Waals surface area contributed by atoms with Crippen molar-refractivity contribution >= 4 is 29.5 Å². The second-order valence-corrected chi connectivity index (χ2v) is 17.2. The third-order valence-electron chi connectivity index (χ3n) is 11.5. The molecule has 0 radical (unpaired) electrons. The number of aromatic nitrogens is 4. The number of alkyl carbamates (subject to hydrolysis) is 1. The number of hydrogen-bond donors (Lipinski definition) is 5. The van der Waals surface area contributed by atoms with Gasteiger partial charge in [-0.2, -0.15) is 5.21 Å². The largest absolute Gasteiger partial charge is 0.496 e. The molecule has 15 heteroatoms. The van der Waals surface area contributed by atoms with Crippen LogP contribution in [0.4, 0.5) is 10.5 Å². The molecule has 1 heterocycles. The van der Waals surface area contributed by atoms with Crippen LogP contribution in [-0.2, 0) is 20.7 Å². The number of carbonyl (C=O) groups is 4. The summed E-state index contributed by atoms with van der Waals surface area (Å²) in [4.78, 5) is 55.3. The summed E-state index contributed by atoms with van der Waals surface area (Å²) >= 11 is 0. The molecule has 1 aromatic heterocycles. The van der Waals surface area contributed by atoms with E-state index in [1.54, 1.807) is 37.4 Å². The molecule has 2 fully saturated rings. The average Bonchev–Trinajstić information content (AvgIpc) is 3.78. The van der Waals surface area contributed by atoms with Crippen molar-refractivity contribution < 1.29 is 28.7 Å². The highest BCUT2D eigenvalue weighted by atomic mass is 16.6. The summed E-state index contributed by atoms with van der Waals surface area (Å²) in [6.45, 7) is 5.96. The van der Waals surface area contributed by atoms with Crippen LogP contribution in [0.2, 0.25) is 0 Å². The monoisotopic (exact) mass is 821 g/mol. The summed E-state index contributed by atoms with van der Waals surface area (Å²) in [6.07, 6.45) is 6.66. The number of aromatic amines is 1. The fourth-order valence-corrected chi connectivity index (χ4v) is 8.02. The van der Waals surface area contributed by atoms with E-state index in [1.807, 2.05) is 57.2 Å². The Morgan fingerprint density at radius 2 is 1.55 bits per heavy atom. The minimum absolute atomic E-state index is 0.110. The average molecular weight is 822 g/mol. The van der Waals surface area contributed by atoms with E-state index in [4.69, 9.17) is 9.47 Å². The van der Waals surface area contributed by atoms with Crippen molar-refractivity contribution in [3.63, 3.8) is 0 Å². The van der Waals surface area contributed by atoms with Crippen molar-refractivity contribution in [1.82, 2.24) is 41.5 Å². The first-order valence-electron chi connectivity index (χ1n) is 20.9. The maximum absolute atomic E-state index is 13.9. The van der Waals surface area contributed by atoms with Crippen molar-refractivity contribution in [1.29, 1.82) is 0 Å². The maximum atomic E-state index is 13.9. The second-order valence-electron chi connectivity index (χ2n) is 17.2. The summed E-state index contributed by atoms with van der Waals surface area (Å²) in [5.74, 6) is 0.358. The normalized spacial score (nSPS) is 19.8. The summed E-state index contributed by atoms with van der Waals surface area (Å²) in [5, 5.41) is 26.2. The summed E-state index contributed by atoms with van der Waals surface area (Å²) < 4.78 is 11.1. The van der Waals surface area contributed by atoms with Gasteiger partial charge in [0, 0.05) is 53.3 Å². The molecule has 15 nitrogen and oxygen atoms in total. The fourth-order valence-electron chi connectivity index (χ4n) is 8.02. The van der Waals surface area contributed by atoms with Gasteiger partial charge in [-0.15, -0.1) is 10.2 Å². The zero-order valence-corrected chi connectivity index (χ0v) is 35.5. The molecular formula is C45H59N9O6. The lowest BCUT2D eigenvalue weighted by atomic mass is 9.81. The number of nitrogens with zero attached hydrogens (tertiary/aromatic N) is 4. The topological polar surface area (TPSA) is 193 Å². The second kappa shape index (κ2) is 19.9. The summed E-state index contributed by atoms with van der Waals surface area (Å²) in [7, 11) is 5.80. The number of rotatable bonds is 14. The zero-order chi connectivity index (χ0) is 42.8. The van der Waals surface area contributed by atoms with Crippen molar-refractivity contribution in [3.05, 3.63) is 77.9 Å². The lowest BCUT2D eigenvalue weighted by molar-refractivity contribution is -0.130. The molecule has 4 amide bonds. The predicted octanol–water partition coefficient (Wildman–Crippen LogP) is 6.14. The van der Waals surface area contributed by atoms with Gasteiger partial charge in [-0.25, -0.2) is 4.79 Å². The molecule has 1 atom stereocenters. The SMILES string of the molecule is COc1cc(C(=O)NC2CCC(N(C)C)CC2)ccc1-c1ccc(C[C@H](NC(=O)C2CCC(CNC(=O)OC(C)(C)C)CC2)C(=O)Nc2ccc(-c3nn[nH]n3)cc2)cc1. The molecule has 4 aromatic rings. The van der Waals surface area contributed by atoms with E-state index in [0.29, 0.717) is 48.3 Å². The number of benzene rings is 3. The number of nitrogens with one attached hydrogen (secondary N) is 5. The van der Waals surface area contributed by atoms with Crippen molar-refractivity contribution in [2.75, 3.05) is 33.1 Å². The van der Waals surface area contributed by atoms with Gasteiger partial charge in [0.15, 0.2) is 0 Å². The molecule has 0 aliphatic heterocycles. The Bertz CT molecular complexity index is 2050. The molecule has 2 aliphatic carbocycles. The smallest absolute Gasteiger partial charge is 0.407 e. The molecule has 0 spiro atoms. The summed E-state index contributed by atoms with van der Waals surface area (Å²) in [5.41, 5.74) is 3.82. The zero-order valence-electron chi connectivity index (χ0n) is 35.5. The number of carbonyl (C=O) groups excluding carboxylic acids is 4. The Morgan fingerprint density at radius 3 is 2.17 bits per heavy atom. The van der Waals surface area contributed by atoms with Crippen LogP contribution in [0, 0.1) is 11.8 Å². The van der Waals surface area contributed by atoms with Gasteiger partial charge in [0.2, 0.25) is 17.6 Å². The fraction of sp³-hybridized carbons (Fsp3) is 0.489. The van der Waals surface area contributed by atoms with Crippen LogP contribution in [0.15, 0.2) is 66.7 Å². The molecule has 0 unspecified atom stereocenters. The highest BCUT2D eigenvalue weighted by Crippen LogP contribution is 2.32. The van der Waals surface area contributed by atoms with Gasteiger partial charge in [0.25, 0.3) is 5.91 Å². The lowest BCUT2D eigenvalue weighted by Crippen LogP contribution is -2.48. The van der Waals surface area contributed by atoms with Crippen LogP contribution in [0.25, 0.3) is 22.5 Å². The number of H-pyrrole nitrogens is 1. The van der Waals surface area contributed by atoms with Crippen molar-refractivity contribution in [2.24, 2.45) is 11.8 Å². The number of ether oxygens (including phenoxy) is 2. The van der Waals surface area contributed by atoms with Crippen molar-refractivity contribution in [3.8, 4) is 28.3 Å². The first kappa shape index (κ1) is 43.7. The first-order chi connectivity index (χ1) is 28.7. The Balaban J connectivity index is 1.10. The van der Waals surface area contributed by atoms with E-state index in [2.05, 4.69) is 60.9 Å². The molecule has 2 saturated carbocycles. The van der Waals surface area contributed by atoms with Gasteiger partial charge >= 0.3 is 6.09 Å². The first-order valence-corrected chi connectivity index (χ1v) is 20.9. The number of amides is 4. The van der Waals surface area contributed by atoms with Crippen LogP contribution < -0.4 is 26.0 Å². The third kappa shape index (κ3) is 12.1. The standard InChI is InChI=1S/C45H59N9O6/c1-45(2,3)60-44(58)46-27-29-9-13-32(14-10-29)41(55)49-38(43(57)48-34-18-15-31(16-19-34)40-50-52-53-51-40)25-28-7-11-30(12-8-28)37-24-17-33(26-39(37)59-6)42(56)47-35-20-22-36(23-21-35)54(4)5/h7-8,11-12,15-19,24,26,29,32,35-36,38H,9-10,13-14,20-23,25,27H2,1-6H3,(H,46,58)(H,47,56)(H,48,57)(H,49,55)(H,50,51,52,53)/t29?,32?,35?,36?,38-/m0/s1. The Morgan fingerprint density at radius 1 is 0.867 bits per heavy atom. The Labute approximate surface area is 352 Å². The van der Waals surface area contributed by atoms with Gasteiger partial charge in [-0.05, 0) is 151 Å². The number of hydrogen-bond acceptors (Lipinski definition) is 10. The molecule has 0 bridgehead atoms. The molecule has 6 rings (SSSR count). The third-order valence-corrected chi connectivity index (χ3v) is 11.5. The van der Waals surface area contributed by atoms with E-state index in [1.165, 1.54) is 0 Å².